The topological polar surface area (TPSA) is 29.5 Å². The van der Waals surface area contributed by atoms with Crippen LogP contribution in [0.4, 0.5) is 4.79 Å². The van der Waals surface area contributed by atoms with Crippen molar-refractivity contribution in [3.8, 4) is 0 Å². The van der Waals surface area contributed by atoms with E-state index in [0.29, 0.717) is 0 Å². The highest BCUT2D eigenvalue weighted by atomic mass is 35.5. The number of nitrogens with zero attached hydrogens (tertiary/aromatic N) is 1. The van der Waals surface area contributed by atoms with Gasteiger partial charge in [-0.25, -0.2) is 4.79 Å². The molecule has 1 heterocycles. The van der Waals surface area contributed by atoms with E-state index in [1.807, 2.05) is 27.7 Å². The van der Waals surface area contributed by atoms with Crippen molar-refractivity contribution < 1.29 is 9.63 Å². The number of halogens is 1. The van der Waals surface area contributed by atoms with E-state index in [0.717, 1.165) is 12.8 Å². The van der Waals surface area contributed by atoms with Crippen molar-refractivity contribution in [3.05, 3.63) is 0 Å². The molecule has 1 aliphatic rings. The number of hydrogen-bond donors (Lipinski definition) is 0. The molecule has 0 atom stereocenters. The molecule has 0 bridgehead atoms. The maximum absolute atomic E-state index is 10.7. The Morgan fingerprint density at radius 1 is 1.23 bits per heavy atom. The van der Waals surface area contributed by atoms with Crippen LogP contribution in [0.5, 0.6) is 0 Å². The highest BCUT2D eigenvalue weighted by Crippen LogP contribution is 2.40. The third-order valence-corrected chi connectivity index (χ3v) is 2.68. The van der Waals surface area contributed by atoms with Gasteiger partial charge in [0.1, 0.15) is 0 Å². The zero-order chi connectivity index (χ0) is 10.3. The molecule has 13 heavy (non-hydrogen) atoms. The van der Waals surface area contributed by atoms with Crippen molar-refractivity contribution in [2.75, 3.05) is 0 Å². The number of carbonyl (C=O) groups is 1. The molecule has 1 aliphatic heterocycles. The molecule has 0 radical (unpaired) electrons. The van der Waals surface area contributed by atoms with Gasteiger partial charge in [-0.05, 0) is 40.5 Å². The van der Waals surface area contributed by atoms with Crippen LogP contribution in [0, 0.1) is 0 Å². The summed E-state index contributed by atoms with van der Waals surface area (Å²) in [7, 11) is 0. The van der Waals surface area contributed by atoms with Gasteiger partial charge < -0.3 is 4.84 Å². The van der Waals surface area contributed by atoms with Crippen LogP contribution in [-0.4, -0.2) is 21.6 Å². The molecule has 3 nitrogen and oxygen atoms in total. The first kappa shape index (κ1) is 10.8. The second-order valence-electron chi connectivity index (χ2n) is 4.75. The van der Waals surface area contributed by atoms with Crippen LogP contribution >= 0.6 is 11.6 Å². The van der Waals surface area contributed by atoms with Gasteiger partial charge in [-0.2, -0.15) is 0 Å². The third-order valence-electron chi connectivity index (χ3n) is 2.61. The van der Waals surface area contributed by atoms with Crippen LogP contribution in [0.15, 0.2) is 0 Å². The largest absolute Gasteiger partial charge is 0.422 e. The Kier molecular flexibility index (Phi) is 2.61. The molecule has 0 aliphatic carbocycles. The van der Waals surface area contributed by atoms with E-state index < -0.39 is 5.43 Å². The van der Waals surface area contributed by atoms with Crippen molar-refractivity contribution in [2.45, 2.75) is 51.6 Å². The lowest BCUT2D eigenvalue weighted by molar-refractivity contribution is -0.184. The van der Waals surface area contributed by atoms with Crippen molar-refractivity contribution in [3.63, 3.8) is 0 Å². The Labute approximate surface area is 83.9 Å². The zero-order valence-electron chi connectivity index (χ0n) is 8.56. The van der Waals surface area contributed by atoms with Gasteiger partial charge in [0.2, 0.25) is 0 Å². The Bertz CT molecular complexity index is 210. The maximum Gasteiger partial charge on any atom is 0.422 e. The van der Waals surface area contributed by atoms with Crippen molar-refractivity contribution >= 4 is 17.0 Å². The van der Waals surface area contributed by atoms with E-state index in [9.17, 15) is 4.79 Å². The summed E-state index contributed by atoms with van der Waals surface area (Å²) in [5, 5.41) is 1.70. The van der Waals surface area contributed by atoms with Crippen LogP contribution in [0.3, 0.4) is 0 Å². The summed E-state index contributed by atoms with van der Waals surface area (Å²) in [4.78, 5) is 15.7. The van der Waals surface area contributed by atoms with Crippen LogP contribution < -0.4 is 0 Å². The monoisotopic (exact) mass is 205 g/mol. The van der Waals surface area contributed by atoms with Gasteiger partial charge in [0, 0.05) is 11.6 Å². The van der Waals surface area contributed by atoms with Gasteiger partial charge in [-0.3, -0.25) is 0 Å². The van der Waals surface area contributed by atoms with Crippen molar-refractivity contribution in [1.29, 1.82) is 0 Å². The SMILES string of the molecule is CC1(C)CCC(C)(C)N1OC(=O)Cl. The maximum atomic E-state index is 10.7. The lowest BCUT2D eigenvalue weighted by Gasteiger charge is -2.36. The normalized spacial score (nSPS) is 25.9. The molecule has 0 saturated carbocycles. The van der Waals surface area contributed by atoms with Crippen LogP contribution in [0.1, 0.15) is 40.5 Å². The van der Waals surface area contributed by atoms with E-state index in [-0.39, 0.29) is 11.1 Å². The molecule has 1 saturated heterocycles. The predicted octanol–water partition coefficient (Wildman–Crippen LogP) is 2.93. The Morgan fingerprint density at radius 2 is 1.62 bits per heavy atom. The summed E-state index contributed by atoms with van der Waals surface area (Å²) in [6, 6.07) is 0. The minimum Gasteiger partial charge on any atom is -0.354 e. The molecule has 0 N–H and O–H groups in total. The first-order valence-corrected chi connectivity index (χ1v) is 4.81. The minimum absolute atomic E-state index is 0.117. The molecule has 1 rings (SSSR count). The summed E-state index contributed by atoms with van der Waals surface area (Å²) < 4.78 is 0. The molecular weight excluding hydrogens is 190 g/mol. The van der Waals surface area contributed by atoms with Gasteiger partial charge in [0.25, 0.3) is 0 Å². The number of carbonyl (C=O) groups excluding carboxylic acids is 1. The van der Waals surface area contributed by atoms with Gasteiger partial charge in [-0.1, -0.05) is 0 Å². The first-order valence-electron chi connectivity index (χ1n) is 4.43. The lowest BCUT2D eigenvalue weighted by atomic mass is 10.0. The highest BCUT2D eigenvalue weighted by Gasteiger charge is 2.47. The lowest BCUT2D eigenvalue weighted by Crippen LogP contribution is -2.48. The average molecular weight is 206 g/mol. The molecule has 0 unspecified atom stereocenters. The summed E-state index contributed by atoms with van der Waals surface area (Å²) in [5.74, 6) is 0. The summed E-state index contributed by atoms with van der Waals surface area (Å²) in [5.41, 5.74) is -0.995. The standard InChI is InChI=1S/C9H16ClNO2/c1-8(2)5-6-9(3,4)11(8)13-7(10)12/h5-6H2,1-4H3. The van der Waals surface area contributed by atoms with Gasteiger partial charge in [-0.15, -0.1) is 5.06 Å². The molecule has 0 spiro atoms. The second kappa shape index (κ2) is 3.14. The molecule has 0 amide bonds. The molecule has 0 aromatic heterocycles. The molecule has 4 heteroatoms. The Hall–Kier alpha value is -0.280. The fourth-order valence-corrected chi connectivity index (χ4v) is 2.02. The fraction of sp³-hybridized carbons (Fsp3) is 0.889. The van der Waals surface area contributed by atoms with Crippen molar-refractivity contribution in [1.82, 2.24) is 5.06 Å². The average Bonchev–Trinajstić information content (AvgIpc) is 2.12. The zero-order valence-corrected chi connectivity index (χ0v) is 9.31. The fourth-order valence-electron chi connectivity index (χ4n) is 1.95. The second-order valence-corrected chi connectivity index (χ2v) is 5.06. The van der Waals surface area contributed by atoms with E-state index in [1.165, 1.54) is 0 Å². The van der Waals surface area contributed by atoms with E-state index in [1.54, 1.807) is 5.06 Å². The van der Waals surface area contributed by atoms with Crippen LogP contribution in [0.25, 0.3) is 0 Å². The first-order chi connectivity index (χ1) is 5.76. The Morgan fingerprint density at radius 3 is 1.92 bits per heavy atom. The van der Waals surface area contributed by atoms with Crippen LogP contribution in [0.2, 0.25) is 0 Å². The van der Waals surface area contributed by atoms with Gasteiger partial charge >= 0.3 is 5.43 Å². The van der Waals surface area contributed by atoms with Gasteiger partial charge in [0.05, 0.1) is 11.1 Å². The summed E-state index contributed by atoms with van der Waals surface area (Å²) in [6.45, 7) is 8.17. The quantitative estimate of drug-likeness (QED) is 0.617. The van der Waals surface area contributed by atoms with Crippen molar-refractivity contribution in [2.24, 2.45) is 0 Å². The smallest absolute Gasteiger partial charge is 0.354 e. The summed E-state index contributed by atoms with van der Waals surface area (Å²) in [6.07, 6.45) is 2.01. The van der Waals surface area contributed by atoms with E-state index >= 15 is 0 Å². The Balaban J connectivity index is 2.81. The number of hydroxylamine groups is 2. The van der Waals surface area contributed by atoms with Gasteiger partial charge in [0.15, 0.2) is 0 Å². The molecular formula is C9H16ClNO2. The molecule has 1 fully saturated rings. The number of rotatable bonds is 1. The third kappa shape index (κ3) is 2.15. The van der Waals surface area contributed by atoms with E-state index in [2.05, 4.69) is 0 Å². The predicted molar refractivity (Wildman–Crippen MR) is 51.6 cm³/mol. The van der Waals surface area contributed by atoms with E-state index in [4.69, 9.17) is 16.4 Å². The highest BCUT2D eigenvalue weighted by molar-refractivity contribution is 6.61. The molecule has 0 aromatic carbocycles. The molecule has 76 valence electrons. The summed E-state index contributed by atoms with van der Waals surface area (Å²) >= 11 is 5.21. The molecule has 0 aromatic rings. The minimum atomic E-state index is -0.761. The van der Waals surface area contributed by atoms with Crippen LogP contribution in [-0.2, 0) is 4.84 Å². The number of hydrogen-bond acceptors (Lipinski definition) is 3.